The molecule has 0 saturated heterocycles. The second kappa shape index (κ2) is 10.8. The molecule has 2 amide bonds. The summed E-state index contributed by atoms with van der Waals surface area (Å²) >= 11 is 0. The van der Waals surface area contributed by atoms with Gasteiger partial charge in [-0.2, -0.15) is 0 Å². The van der Waals surface area contributed by atoms with Crippen LogP contribution in [0.2, 0.25) is 0 Å². The normalized spacial score (nSPS) is 12.2. The topological polar surface area (TPSA) is 105 Å². The summed E-state index contributed by atoms with van der Waals surface area (Å²) in [6.45, 7) is 1.81. The molecule has 4 aromatic rings. The molecule has 0 aliphatic rings. The number of carbonyl (C=O) groups excluding carboxylic acids is 1. The number of benzene rings is 4. The molecule has 1 unspecified atom stereocenters. The first-order valence-electron chi connectivity index (χ1n) is 11.5. The van der Waals surface area contributed by atoms with Gasteiger partial charge in [0.05, 0.1) is 30.4 Å². The minimum Gasteiger partial charge on any atom is -0.496 e. The fraction of sp³-hybridized carbons (Fsp3) is 0.179. The first-order valence-corrected chi connectivity index (χ1v) is 13.1. The average Bonchev–Trinajstić information content (AvgIpc) is 2.88. The number of nitrogens with one attached hydrogen (secondary N) is 2. The first-order chi connectivity index (χ1) is 17.3. The van der Waals surface area contributed by atoms with Crippen LogP contribution in [0.25, 0.3) is 10.8 Å². The number of urea groups is 1. The van der Waals surface area contributed by atoms with E-state index in [-0.39, 0.29) is 23.3 Å². The first kappa shape index (κ1) is 25.2. The number of aliphatic hydroxyl groups is 1. The van der Waals surface area contributed by atoms with Crippen molar-refractivity contribution in [2.75, 3.05) is 12.4 Å². The number of rotatable bonds is 8. The fourth-order valence-corrected chi connectivity index (χ4v) is 5.43. The summed E-state index contributed by atoms with van der Waals surface area (Å²) in [5, 5.41) is 16.8. The molecule has 36 heavy (non-hydrogen) atoms. The molecular formula is C28H28N2O5S. The Labute approximate surface area is 210 Å². The van der Waals surface area contributed by atoms with E-state index in [9.17, 15) is 13.2 Å². The van der Waals surface area contributed by atoms with Crippen LogP contribution in [0.3, 0.4) is 0 Å². The van der Waals surface area contributed by atoms with E-state index in [1.54, 1.807) is 43.5 Å². The van der Waals surface area contributed by atoms with Crippen LogP contribution in [0.15, 0.2) is 89.8 Å². The van der Waals surface area contributed by atoms with Gasteiger partial charge in [0.1, 0.15) is 5.75 Å². The number of anilines is 1. The number of amides is 2. The van der Waals surface area contributed by atoms with Crippen LogP contribution in [0.4, 0.5) is 10.5 Å². The van der Waals surface area contributed by atoms with Gasteiger partial charge in [0.2, 0.25) is 0 Å². The molecule has 4 aromatic carbocycles. The number of fused-ring (bicyclic) bond motifs is 1. The number of hydrogen-bond acceptors (Lipinski definition) is 5. The third-order valence-electron chi connectivity index (χ3n) is 5.99. The van der Waals surface area contributed by atoms with E-state index in [1.165, 1.54) is 12.1 Å². The maximum Gasteiger partial charge on any atom is 0.319 e. The lowest BCUT2D eigenvalue weighted by molar-refractivity contribution is 0.249. The van der Waals surface area contributed by atoms with Crippen molar-refractivity contribution in [3.05, 3.63) is 102 Å². The highest BCUT2D eigenvalue weighted by Crippen LogP contribution is 2.31. The predicted octanol–water partition coefficient (Wildman–Crippen LogP) is 5.20. The van der Waals surface area contributed by atoms with Crippen molar-refractivity contribution in [3.63, 3.8) is 0 Å². The second-order valence-corrected chi connectivity index (χ2v) is 10.5. The van der Waals surface area contributed by atoms with Crippen molar-refractivity contribution in [2.45, 2.75) is 30.2 Å². The Hall–Kier alpha value is -3.88. The van der Waals surface area contributed by atoms with E-state index in [1.807, 2.05) is 43.3 Å². The molecule has 4 rings (SSSR count). The number of sulfone groups is 1. The summed E-state index contributed by atoms with van der Waals surface area (Å²) in [5.41, 5.74) is 2.79. The van der Waals surface area contributed by atoms with Gasteiger partial charge in [-0.1, -0.05) is 54.6 Å². The van der Waals surface area contributed by atoms with Crippen LogP contribution >= 0.6 is 0 Å². The molecule has 0 spiro atoms. The number of ether oxygens (including phenoxy) is 1. The molecule has 0 radical (unpaired) electrons. The Morgan fingerprint density at radius 3 is 2.17 bits per heavy atom. The van der Waals surface area contributed by atoms with E-state index < -0.39 is 15.9 Å². The minimum atomic E-state index is -3.56. The van der Waals surface area contributed by atoms with Gasteiger partial charge < -0.3 is 20.5 Å². The smallest absolute Gasteiger partial charge is 0.319 e. The molecule has 0 saturated carbocycles. The zero-order valence-corrected chi connectivity index (χ0v) is 20.9. The maximum absolute atomic E-state index is 12.8. The van der Waals surface area contributed by atoms with Gasteiger partial charge in [-0.15, -0.1) is 0 Å². The van der Waals surface area contributed by atoms with Crippen LogP contribution in [-0.2, 0) is 22.2 Å². The SMILES string of the molecule is COc1ccc(C(C)NC(=O)Nc2ccc(S(=O)(=O)Cc3ccc(CO)cc3)cc2)c2ccccc12. The standard InChI is InChI=1S/C28H28N2O5S/c1-19(24-15-16-27(35-2)26-6-4-3-5-25(24)26)29-28(32)30-22-11-13-23(14-12-22)36(33,34)18-21-9-7-20(17-31)8-10-21/h3-16,19,31H,17-18H2,1-2H3,(H2,29,30,32). The fourth-order valence-electron chi connectivity index (χ4n) is 4.08. The van der Waals surface area contributed by atoms with Crippen LogP contribution in [0.5, 0.6) is 5.75 Å². The number of methoxy groups -OCH3 is 1. The molecule has 0 aliphatic heterocycles. The van der Waals surface area contributed by atoms with Crippen molar-refractivity contribution >= 4 is 32.3 Å². The molecule has 0 heterocycles. The molecular weight excluding hydrogens is 476 g/mol. The highest BCUT2D eigenvalue weighted by Gasteiger charge is 2.17. The van der Waals surface area contributed by atoms with Gasteiger partial charge in [0, 0.05) is 11.1 Å². The van der Waals surface area contributed by atoms with Gasteiger partial charge in [-0.25, -0.2) is 13.2 Å². The van der Waals surface area contributed by atoms with Crippen molar-refractivity contribution in [3.8, 4) is 5.75 Å². The van der Waals surface area contributed by atoms with Gasteiger partial charge in [-0.05, 0) is 59.3 Å². The Kier molecular flexibility index (Phi) is 7.57. The largest absolute Gasteiger partial charge is 0.496 e. The summed E-state index contributed by atoms with van der Waals surface area (Å²) in [6.07, 6.45) is 0. The summed E-state index contributed by atoms with van der Waals surface area (Å²) in [5.74, 6) is 0.613. The third kappa shape index (κ3) is 5.67. The van der Waals surface area contributed by atoms with E-state index in [2.05, 4.69) is 10.6 Å². The van der Waals surface area contributed by atoms with Gasteiger partial charge >= 0.3 is 6.03 Å². The van der Waals surface area contributed by atoms with Crippen LogP contribution in [0.1, 0.15) is 29.7 Å². The van der Waals surface area contributed by atoms with Crippen molar-refractivity contribution in [1.29, 1.82) is 0 Å². The quantitative estimate of drug-likeness (QED) is 0.306. The second-order valence-electron chi connectivity index (χ2n) is 8.48. The molecule has 3 N–H and O–H groups in total. The Bertz CT molecular complexity index is 1470. The number of hydrogen-bond donors (Lipinski definition) is 3. The molecule has 0 fully saturated rings. The van der Waals surface area contributed by atoms with E-state index in [4.69, 9.17) is 9.84 Å². The highest BCUT2D eigenvalue weighted by atomic mass is 32.2. The predicted molar refractivity (Wildman–Crippen MR) is 141 cm³/mol. The van der Waals surface area contributed by atoms with Gasteiger partial charge in [0.15, 0.2) is 9.84 Å². The number of aliphatic hydroxyl groups excluding tert-OH is 1. The molecule has 186 valence electrons. The molecule has 0 aliphatic carbocycles. The summed E-state index contributed by atoms with van der Waals surface area (Å²) in [4.78, 5) is 12.8. The van der Waals surface area contributed by atoms with Crippen LogP contribution in [0, 0.1) is 0 Å². The Balaban J connectivity index is 1.41. The zero-order valence-electron chi connectivity index (χ0n) is 20.1. The van der Waals surface area contributed by atoms with E-state index >= 15 is 0 Å². The zero-order chi connectivity index (χ0) is 25.7. The summed E-state index contributed by atoms with van der Waals surface area (Å²) < 4.78 is 31.0. The lowest BCUT2D eigenvalue weighted by atomic mass is 9.99. The molecule has 0 aromatic heterocycles. The summed E-state index contributed by atoms with van der Waals surface area (Å²) in [6, 6.07) is 23.9. The van der Waals surface area contributed by atoms with E-state index in [0.29, 0.717) is 11.3 Å². The van der Waals surface area contributed by atoms with Crippen LogP contribution < -0.4 is 15.4 Å². The molecule has 0 bridgehead atoms. The Morgan fingerprint density at radius 2 is 1.53 bits per heavy atom. The number of carbonyl (C=O) groups is 1. The average molecular weight is 505 g/mol. The van der Waals surface area contributed by atoms with Crippen LogP contribution in [-0.4, -0.2) is 26.7 Å². The van der Waals surface area contributed by atoms with Crippen molar-refractivity contribution in [2.24, 2.45) is 0 Å². The van der Waals surface area contributed by atoms with Gasteiger partial charge in [0.25, 0.3) is 0 Å². The van der Waals surface area contributed by atoms with Gasteiger partial charge in [-0.3, -0.25) is 0 Å². The lowest BCUT2D eigenvalue weighted by Gasteiger charge is -2.18. The Morgan fingerprint density at radius 1 is 0.889 bits per heavy atom. The van der Waals surface area contributed by atoms with Crippen molar-refractivity contribution in [1.82, 2.24) is 5.32 Å². The maximum atomic E-state index is 12.8. The minimum absolute atomic E-state index is 0.0927. The summed E-state index contributed by atoms with van der Waals surface area (Å²) in [7, 11) is -1.93. The monoisotopic (exact) mass is 504 g/mol. The molecule has 1 atom stereocenters. The van der Waals surface area contributed by atoms with Crippen molar-refractivity contribution < 1.29 is 23.1 Å². The molecule has 7 nitrogen and oxygen atoms in total. The highest BCUT2D eigenvalue weighted by molar-refractivity contribution is 7.90. The lowest BCUT2D eigenvalue weighted by Crippen LogP contribution is -2.31. The van der Waals surface area contributed by atoms with E-state index in [0.717, 1.165) is 27.6 Å². The molecule has 8 heteroatoms. The third-order valence-corrected chi connectivity index (χ3v) is 7.69.